The Bertz CT molecular complexity index is 205. The van der Waals surface area contributed by atoms with Crippen LogP contribution in [0.4, 0.5) is 0 Å². The summed E-state index contributed by atoms with van der Waals surface area (Å²) in [6.45, 7) is 4.43. The molecule has 0 bridgehead atoms. The van der Waals surface area contributed by atoms with E-state index in [1.165, 1.54) is 18.9 Å². The summed E-state index contributed by atoms with van der Waals surface area (Å²) in [6, 6.07) is 0. The van der Waals surface area contributed by atoms with Crippen molar-refractivity contribution in [2.24, 2.45) is 0 Å². The van der Waals surface area contributed by atoms with E-state index in [2.05, 4.69) is 19.1 Å². The number of ether oxygens (including phenoxy) is 1. The highest BCUT2D eigenvalue weighted by molar-refractivity contribution is 5.81. The van der Waals surface area contributed by atoms with Gasteiger partial charge < -0.3 is 4.74 Å². The molecule has 0 spiro atoms. The SMILES string of the molecule is CCC/C=C/CCC/C=C/C(=O)OCC. The van der Waals surface area contributed by atoms with E-state index in [4.69, 9.17) is 4.74 Å². The van der Waals surface area contributed by atoms with Gasteiger partial charge >= 0.3 is 5.97 Å². The fraction of sp³-hybridized carbons (Fsp3) is 0.615. The molecule has 0 aliphatic rings. The number of hydrogen-bond acceptors (Lipinski definition) is 2. The monoisotopic (exact) mass is 210 g/mol. The Labute approximate surface area is 93.0 Å². The zero-order chi connectivity index (χ0) is 11.4. The molecule has 0 fully saturated rings. The van der Waals surface area contributed by atoms with Crippen molar-refractivity contribution in [1.82, 2.24) is 0 Å². The molecule has 0 aromatic heterocycles. The number of unbranched alkanes of at least 4 members (excludes halogenated alkanes) is 3. The molecule has 2 heteroatoms. The molecule has 0 aromatic carbocycles. The van der Waals surface area contributed by atoms with Crippen LogP contribution in [0.3, 0.4) is 0 Å². The van der Waals surface area contributed by atoms with Crippen molar-refractivity contribution in [2.45, 2.75) is 46.0 Å². The maximum Gasteiger partial charge on any atom is 0.330 e. The van der Waals surface area contributed by atoms with E-state index in [-0.39, 0.29) is 5.97 Å². The van der Waals surface area contributed by atoms with E-state index < -0.39 is 0 Å². The largest absolute Gasteiger partial charge is 0.463 e. The van der Waals surface area contributed by atoms with Crippen LogP contribution in [0.15, 0.2) is 24.3 Å². The number of esters is 1. The molecular weight excluding hydrogens is 188 g/mol. The molecule has 0 rings (SSSR count). The summed E-state index contributed by atoms with van der Waals surface area (Å²) in [7, 11) is 0. The Morgan fingerprint density at radius 1 is 1.07 bits per heavy atom. The molecule has 15 heavy (non-hydrogen) atoms. The lowest BCUT2D eigenvalue weighted by Crippen LogP contribution is -1.98. The molecule has 0 aliphatic carbocycles. The van der Waals surface area contributed by atoms with Gasteiger partial charge in [0.15, 0.2) is 0 Å². The molecule has 0 N–H and O–H groups in total. The lowest BCUT2D eigenvalue weighted by atomic mass is 10.2. The summed E-state index contributed by atoms with van der Waals surface area (Å²) in [5.41, 5.74) is 0. The quantitative estimate of drug-likeness (QED) is 0.265. The highest BCUT2D eigenvalue weighted by atomic mass is 16.5. The van der Waals surface area contributed by atoms with E-state index in [0.29, 0.717) is 6.61 Å². The molecule has 0 amide bonds. The third-order valence-corrected chi connectivity index (χ3v) is 1.90. The second-order valence-electron chi connectivity index (χ2n) is 3.35. The summed E-state index contributed by atoms with van der Waals surface area (Å²) in [4.78, 5) is 10.9. The highest BCUT2D eigenvalue weighted by Gasteiger charge is 1.91. The van der Waals surface area contributed by atoms with Crippen molar-refractivity contribution < 1.29 is 9.53 Å². The predicted molar refractivity (Wildman–Crippen MR) is 63.7 cm³/mol. The lowest BCUT2D eigenvalue weighted by Gasteiger charge is -1.94. The van der Waals surface area contributed by atoms with Crippen LogP contribution < -0.4 is 0 Å². The average Bonchev–Trinajstić information content (AvgIpc) is 2.22. The zero-order valence-electron chi connectivity index (χ0n) is 9.87. The number of hydrogen-bond donors (Lipinski definition) is 0. The molecular formula is C13H22O2. The number of allylic oxidation sites excluding steroid dienone is 3. The molecule has 0 heterocycles. The minimum atomic E-state index is -0.237. The minimum Gasteiger partial charge on any atom is -0.463 e. The third kappa shape index (κ3) is 10.9. The summed E-state index contributed by atoms with van der Waals surface area (Å²) in [5, 5.41) is 0. The van der Waals surface area contributed by atoms with E-state index in [1.54, 1.807) is 0 Å². The van der Waals surface area contributed by atoms with E-state index in [9.17, 15) is 4.79 Å². The first-order valence-corrected chi connectivity index (χ1v) is 5.79. The van der Waals surface area contributed by atoms with Gasteiger partial charge in [-0.25, -0.2) is 4.79 Å². The molecule has 0 saturated heterocycles. The molecule has 0 aliphatic heterocycles. The van der Waals surface area contributed by atoms with Gasteiger partial charge in [-0.15, -0.1) is 0 Å². The topological polar surface area (TPSA) is 26.3 Å². The Morgan fingerprint density at radius 2 is 1.73 bits per heavy atom. The minimum absolute atomic E-state index is 0.237. The van der Waals surface area contributed by atoms with Crippen molar-refractivity contribution in [3.05, 3.63) is 24.3 Å². The summed E-state index contributed by atoms with van der Waals surface area (Å²) < 4.78 is 4.76. The van der Waals surface area contributed by atoms with Gasteiger partial charge in [0, 0.05) is 6.08 Å². The van der Waals surface area contributed by atoms with E-state index in [0.717, 1.165) is 19.3 Å². The van der Waals surface area contributed by atoms with Gasteiger partial charge in [0.1, 0.15) is 0 Å². The van der Waals surface area contributed by atoms with Crippen molar-refractivity contribution >= 4 is 5.97 Å². The summed E-state index contributed by atoms with van der Waals surface area (Å²) in [6.07, 6.45) is 13.3. The second-order valence-corrected chi connectivity index (χ2v) is 3.35. The standard InChI is InChI=1S/C13H22O2/c1-3-5-6-7-8-9-10-11-12-13(14)15-4-2/h6-7,11-12H,3-5,8-10H2,1-2H3/b7-6+,12-11+. The van der Waals surface area contributed by atoms with Crippen molar-refractivity contribution in [3.63, 3.8) is 0 Å². The van der Waals surface area contributed by atoms with E-state index >= 15 is 0 Å². The molecule has 86 valence electrons. The zero-order valence-corrected chi connectivity index (χ0v) is 9.87. The van der Waals surface area contributed by atoms with Crippen molar-refractivity contribution in [3.8, 4) is 0 Å². The first-order chi connectivity index (χ1) is 7.31. The van der Waals surface area contributed by atoms with Crippen LogP contribution >= 0.6 is 0 Å². The van der Waals surface area contributed by atoms with E-state index in [1.807, 2.05) is 13.0 Å². The van der Waals surface area contributed by atoms with Gasteiger partial charge in [-0.1, -0.05) is 31.6 Å². The average molecular weight is 210 g/mol. The molecule has 0 atom stereocenters. The van der Waals surface area contributed by atoms with Gasteiger partial charge in [-0.2, -0.15) is 0 Å². The van der Waals surface area contributed by atoms with Crippen LogP contribution in [0.1, 0.15) is 46.0 Å². The Hall–Kier alpha value is -1.05. The Morgan fingerprint density at radius 3 is 2.40 bits per heavy atom. The van der Waals surface area contributed by atoms with Crippen LogP contribution in [0.25, 0.3) is 0 Å². The fourth-order valence-electron chi connectivity index (χ4n) is 1.13. The molecule has 2 nitrogen and oxygen atoms in total. The molecule has 0 unspecified atom stereocenters. The maximum atomic E-state index is 10.9. The van der Waals surface area contributed by atoms with Crippen LogP contribution in [-0.2, 0) is 9.53 Å². The third-order valence-electron chi connectivity index (χ3n) is 1.90. The smallest absolute Gasteiger partial charge is 0.330 e. The Balaban J connectivity index is 3.33. The van der Waals surface area contributed by atoms with Gasteiger partial charge in [-0.05, 0) is 32.6 Å². The van der Waals surface area contributed by atoms with Gasteiger partial charge in [-0.3, -0.25) is 0 Å². The van der Waals surface area contributed by atoms with Crippen LogP contribution in [-0.4, -0.2) is 12.6 Å². The molecule has 0 saturated carbocycles. The fourth-order valence-corrected chi connectivity index (χ4v) is 1.13. The first-order valence-electron chi connectivity index (χ1n) is 5.79. The molecule has 0 aromatic rings. The Kier molecular flexibility index (Phi) is 10.3. The van der Waals surface area contributed by atoms with Gasteiger partial charge in [0.25, 0.3) is 0 Å². The number of carbonyl (C=O) groups is 1. The highest BCUT2D eigenvalue weighted by Crippen LogP contribution is 1.99. The first kappa shape index (κ1) is 13.9. The van der Waals surface area contributed by atoms with Gasteiger partial charge in [0.2, 0.25) is 0 Å². The van der Waals surface area contributed by atoms with Crippen LogP contribution in [0, 0.1) is 0 Å². The van der Waals surface area contributed by atoms with Gasteiger partial charge in [0.05, 0.1) is 6.61 Å². The van der Waals surface area contributed by atoms with Crippen molar-refractivity contribution in [2.75, 3.05) is 6.61 Å². The predicted octanol–water partition coefficient (Wildman–Crippen LogP) is 3.63. The number of rotatable bonds is 8. The van der Waals surface area contributed by atoms with Crippen LogP contribution in [0.5, 0.6) is 0 Å². The maximum absolute atomic E-state index is 10.9. The number of carbonyl (C=O) groups excluding carboxylic acids is 1. The summed E-state index contributed by atoms with van der Waals surface area (Å²) in [5.74, 6) is -0.237. The second kappa shape index (κ2) is 11.0. The summed E-state index contributed by atoms with van der Waals surface area (Å²) >= 11 is 0. The van der Waals surface area contributed by atoms with Crippen LogP contribution in [0.2, 0.25) is 0 Å². The van der Waals surface area contributed by atoms with Crippen molar-refractivity contribution in [1.29, 1.82) is 0 Å². The molecule has 0 radical (unpaired) electrons. The normalized spacial score (nSPS) is 11.3. The lowest BCUT2D eigenvalue weighted by molar-refractivity contribution is -0.137.